The van der Waals surface area contributed by atoms with Gasteiger partial charge in [-0.1, -0.05) is 161 Å². The number of hydrogen-bond acceptors (Lipinski definition) is 0. The fourth-order valence-corrected chi connectivity index (χ4v) is 8.74. The zero-order valence-electron chi connectivity index (χ0n) is 28.6. The predicted molar refractivity (Wildman–Crippen MR) is 194 cm³/mol. The minimum Gasteiger partial charge on any atom is -0.0904 e. The lowest BCUT2D eigenvalue weighted by atomic mass is 9.23. The Morgan fingerprint density at radius 1 is 0.395 bits per heavy atom. The maximum Gasteiger partial charge on any atom is 0.238 e. The molecule has 43 heavy (non-hydrogen) atoms. The largest absolute Gasteiger partial charge is 0.238 e. The minimum absolute atomic E-state index is 0.181. The molecule has 4 aromatic carbocycles. The summed E-state index contributed by atoms with van der Waals surface area (Å²) in [7, 11) is 0. The molecule has 0 aromatic heterocycles. The van der Waals surface area contributed by atoms with Crippen LogP contribution >= 0.6 is 0 Å². The van der Waals surface area contributed by atoms with E-state index in [1.54, 1.807) is 0 Å². The molecule has 0 bridgehead atoms. The van der Waals surface area contributed by atoms with Gasteiger partial charge in [0.25, 0.3) is 0 Å². The normalized spacial score (nSPS) is 14.3. The molecule has 1 unspecified atom stereocenters. The maximum atomic E-state index is 2.50. The van der Waals surface area contributed by atoms with Crippen LogP contribution in [-0.4, -0.2) is 13.4 Å². The third-order valence-electron chi connectivity index (χ3n) is 9.84. The molecule has 0 heterocycles. The summed E-state index contributed by atoms with van der Waals surface area (Å²) in [6.07, 6.45) is 7.30. The van der Waals surface area contributed by atoms with Crippen molar-refractivity contribution in [3.05, 3.63) is 139 Å². The summed E-state index contributed by atoms with van der Waals surface area (Å²) in [5, 5.41) is 0. The van der Waals surface area contributed by atoms with E-state index in [0.717, 1.165) is 0 Å². The highest BCUT2D eigenvalue weighted by molar-refractivity contribution is 6.96. The topological polar surface area (TPSA) is 0 Å². The van der Waals surface area contributed by atoms with Crippen LogP contribution in [0.5, 0.6) is 0 Å². The van der Waals surface area contributed by atoms with Crippen LogP contribution in [0.15, 0.2) is 72.2 Å². The van der Waals surface area contributed by atoms with Gasteiger partial charge in [-0.25, -0.2) is 0 Å². The third kappa shape index (κ3) is 5.74. The lowest BCUT2D eigenvalue weighted by Crippen LogP contribution is -2.55. The summed E-state index contributed by atoms with van der Waals surface area (Å²) >= 11 is 0. The molecule has 1 aliphatic rings. The van der Waals surface area contributed by atoms with E-state index in [1.165, 1.54) is 94.1 Å². The molecule has 0 nitrogen and oxygen atoms in total. The molecule has 0 amide bonds. The Labute approximate surface area is 262 Å². The van der Waals surface area contributed by atoms with Crippen molar-refractivity contribution in [2.24, 2.45) is 0 Å². The van der Waals surface area contributed by atoms with Gasteiger partial charge in [0.2, 0.25) is 13.4 Å². The predicted octanol–water partition coefficient (Wildman–Crippen LogP) is 7.71. The highest BCUT2D eigenvalue weighted by Gasteiger charge is 2.41. The first-order valence-corrected chi connectivity index (χ1v) is 16.0. The van der Waals surface area contributed by atoms with E-state index >= 15 is 0 Å². The van der Waals surface area contributed by atoms with Gasteiger partial charge in [0.1, 0.15) is 0 Å². The SMILES string of the molecule is Cc1cc(C)c(B(C2=CC=CC2B(c2c(C)cc(C)cc2C)c2c(C)cc(C)cc2C)c2c(C)cc(C)cc2C)c(C)c1. The van der Waals surface area contributed by atoms with Crippen LogP contribution in [0.25, 0.3) is 0 Å². The molecular weight excluding hydrogens is 514 g/mol. The second kappa shape index (κ2) is 11.9. The molecule has 2 heteroatoms. The van der Waals surface area contributed by atoms with Crippen LogP contribution < -0.4 is 21.9 Å². The summed E-state index contributed by atoms with van der Waals surface area (Å²) in [5.41, 5.74) is 23.9. The van der Waals surface area contributed by atoms with Gasteiger partial charge >= 0.3 is 0 Å². The summed E-state index contributed by atoms with van der Waals surface area (Å²) in [4.78, 5) is 0. The highest BCUT2D eigenvalue weighted by Crippen LogP contribution is 2.34. The molecule has 0 radical (unpaired) electrons. The van der Waals surface area contributed by atoms with Gasteiger partial charge in [-0.2, -0.15) is 0 Å². The van der Waals surface area contributed by atoms with Crippen molar-refractivity contribution in [1.82, 2.24) is 0 Å². The molecule has 0 saturated heterocycles. The van der Waals surface area contributed by atoms with Crippen molar-refractivity contribution in [1.29, 1.82) is 0 Å². The Morgan fingerprint density at radius 2 is 0.674 bits per heavy atom. The summed E-state index contributed by atoms with van der Waals surface area (Å²) in [6, 6.07) is 19.1. The standard InChI is InChI=1S/C41H48B2/c1-24-16-28(5)38(29(6)17-24)42(39-30(7)18-25(2)19-31(39)8)36-14-13-15-37(36)43(40-32(9)20-26(3)21-33(40)10)41-34(11)22-27(4)23-35(41)12/h13-23,36H,1-12H3. The Morgan fingerprint density at radius 3 is 0.977 bits per heavy atom. The Hall–Kier alpha value is -3.51. The Balaban J connectivity index is 1.84. The summed E-state index contributed by atoms with van der Waals surface area (Å²) < 4.78 is 0. The first-order chi connectivity index (χ1) is 20.3. The van der Waals surface area contributed by atoms with E-state index in [4.69, 9.17) is 0 Å². The first-order valence-electron chi connectivity index (χ1n) is 16.0. The fraction of sp³-hybridized carbons (Fsp3) is 0.317. The molecule has 0 fully saturated rings. The Bertz CT molecular complexity index is 1590. The molecule has 0 N–H and O–H groups in total. The molecule has 218 valence electrons. The molecule has 1 atom stereocenters. The average molecular weight is 562 g/mol. The second-order valence-electron chi connectivity index (χ2n) is 13.7. The summed E-state index contributed by atoms with van der Waals surface area (Å²) in [5.74, 6) is 0.241. The van der Waals surface area contributed by atoms with Gasteiger partial charge < -0.3 is 0 Å². The van der Waals surface area contributed by atoms with Crippen LogP contribution in [-0.2, 0) is 0 Å². The van der Waals surface area contributed by atoms with Gasteiger partial charge in [0.15, 0.2) is 0 Å². The second-order valence-corrected chi connectivity index (χ2v) is 13.7. The van der Waals surface area contributed by atoms with Crippen molar-refractivity contribution >= 4 is 35.3 Å². The number of benzene rings is 4. The van der Waals surface area contributed by atoms with Crippen molar-refractivity contribution in [2.75, 3.05) is 0 Å². The zero-order valence-corrected chi connectivity index (χ0v) is 28.6. The third-order valence-corrected chi connectivity index (χ3v) is 9.84. The van der Waals surface area contributed by atoms with Crippen molar-refractivity contribution < 1.29 is 0 Å². The van der Waals surface area contributed by atoms with Gasteiger partial charge in [0.05, 0.1) is 0 Å². The quantitative estimate of drug-likeness (QED) is 0.211. The number of allylic oxidation sites excluding steroid dienone is 4. The molecule has 5 rings (SSSR count). The highest BCUT2D eigenvalue weighted by atomic mass is 14.2. The number of rotatable bonds is 6. The van der Waals surface area contributed by atoms with E-state index in [0.29, 0.717) is 0 Å². The van der Waals surface area contributed by atoms with Crippen LogP contribution in [0, 0.1) is 83.1 Å². The molecule has 1 aliphatic carbocycles. The summed E-state index contributed by atoms with van der Waals surface area (Å²) in [6.45, 7) is 27.9. The Kier molecular flexibility index (Phi) is 8.54. The lowest BCUT2D eigenvalue weighted by Gasteiger charge is -2.33. The van der Waals surface area contributed by atoms with E-state index in [9.17, 15) is 0 Å². The monoisotopic (exact) mass is 562 g/mol. The molecule has 0 aliphatic heterocycles. The van der Waals surface area contributed by atoms with Gasteiger partial charge in [-0.15, -0.1) is 0 Å². The van der Waals surface area contributed by atoms with E-state index in [2.05, 4.69) is 150 Å². The van der Waals surface area contributed by atoms with Crippen LogP contribution in [0.4, 0.5) is 0 Å². The first kappa shape index (κ1) is 30.9. The van der Waals surface area contributed by atoms with Gasteiger partial charge in [-0.05, 0) is 88.9 Å². The minimum atomic E-state index is 0.181. The van der Waals surface area contributed by atoms with E-state index < -0.39 is 0 Å². The zero-order chi connectivity index (χ0) is 31.3. The van der Waals surface area contributed by atoms with Crippen LogP contribution in [0.1, 0.15) is 66.8 Å². The van der Waals surface area contributed by atoms with E-state index in [1.807, 2.05) is 0 Å². The maximum absolute atomic E-state index is 2.50. The van der Waals surface area contributed by atoms with Crippen molar-refractivity contribution in [2.45, 2.75) is 88.9 Å². The number of aryl methyl sites for hydroxylation is 12. The van der Waals surface area contributed by atoms with Gasteiger partial charge in [0, 0.05) is 0 Å². The lowest BCUT2D eigenvalue weighted by molar-refractivity contribution is 1.27. The molecule has 4 aromatic rings. The van der Waals surface area contributed by atoms with Crippen molar-refractivity contribution in [3.63, 3.8) is 0 Å². The number of hydrogen-bond donors (Lipinski definition) is 0. The fourth-order valence-electron chi connectivity index (χ4n) is 8.74. The molecule has 0 saturated carbocycles. The smallest absolute Gasteiger partial charge is 0.0904 e. The van der Waals surface area contributed by atoms with Crippen LogP contribution in [0.3, 0.4) is 0 Å². The molecule has 0 spiro atoms. The van der Waals surface area contributed by atoms with E-state index in [-0.39, 0.29) is 19.2 Å². The molecular formula is C41H48B2. The average Bonchev–Trinajstić information content (AvgIpc) is 3.33. The van der Waals surface area contributed by atoms with Crippen molar-refractivity contribution in [3.8, 4) is 0 Å². The van der Waals surface area contributed by atoms with Crippen LogP contribution in [0.2, 0.25) is 5.82 Å². The van der Waals surface area contributed by atoms with Gasteiger partial charge in [-0.3, -0.25) is 0 Å².